The van der Waals surface area contributed by atoms with E-state index in [0.717, 1.165) is 6.92 Å². The molecule has 16 heavy (non-hydrogen) atoms. The molecule has 10 nitrogen and oxygen atoms in total. The molecule has 11 N–H and O–H groups in total. The van der Waals surface area contributed by atoms with E-state index in [1.54, 1.807) is 0 Å². The lowest BCUT2D eigenvalue weighted by Gasteiger charge is -1.85. The summed E-state index contributed by atoms with van der Waals surface area (Å²) in [7, 11) is 0. The highest BCUT2D eigenvalue weighted by Gasteiger charge is 1.90. The molecule has 0 aromatic rings. The Morgan fingerprint density at radius 2 is 1.44 bits per heavy atom. The molecule has 0 saturated carbocycles. The number of nitrogens with two attached hydrogens (primary N) is 4. The maximum atomic E-state index is 9.69. The van der Waals surface area contributed by atoms with Gasteiger partial charge in [0.05, 0.1) is 0 Å². The smallest absolute Gasteiger partial charge is 0.325 e. The lowest BCUT2D eigenvalue weighted by molar-refractivity contribution is -0.135. The molecule has 0 fully saturated rings. The van der Waals surface area contributed by atoms with E-state index in [1.807, 2.05) is 0 Å². The van der Waals surface area contributed by atoms with Crippen LogP contribution in [0.5, 0.6) is 0 Å². The van der Waals surface area contributed by atoms with Crippen LogP contribution >= 0.6 is 0 Å². The molecule has 0 bridgehead atoms. The molecule has 94 valence electrons. The van der Waals surface area contributed by atoms with E-state index < -0.39 is 11.9 Å². The summed E-state index contributed by atoms with van der Waals surface area (Å²) in [6.45, 7) is 0.725. The Morgan fingerprint density at radius 1 is 1.19 bits per heavy atom. The van der Waals surface area contributed by atoms with Crippen molar-refractivity contribution in [2.45, 2.75) is 6.92 Å². The number of rotatable bonds is 2. The predicted molar refractivity (Wildman–Crippen MR) is 57.7 cm³/mol. The van der Waals surface area contributed by atoms with E-state index in [9.17, 15) is 4.79 Å². The highest BCUT2D eigenvalue weighted by molar-refractivity contribution is 5.79. The van der Waals surface area contributed by atoms with Crippen molar-refractivity contribution in [3.05, 3.63) is 0 Å². The van der Waals surface area contributed by atoms with Gasteiger partial charge in [-0.05, 0) is 0 Å². The van der Waals surface area contributed by atoms with Gasteiger partial charge in [0, 0.05) is 6.92 Å². The molecule has 10 heteroatoms. The molecule has 0 rings (SSSR count). The minimum atomic E-state index is -1.04. The van der Waals surface area contributed by atoms with Gasteiger partial charge in [-0.1, -0.05) is 0 Å². The summed E-state index contributed by atoms with van der Waals surface area (Å²) < 4.78 is 0. The van der Waals surface area contributed by atoms with Gasteiger partial charge in [0.2, 0.25) is 0 Å². The lowest BCUT2D eigenvalue weighted by Crippen LogP contribution is -2.24. The Balaban J connectivity index is -0.000000179. The third kappa shape index (κ3) is 205. The molecule has 0 aliphatic heterocycles. The van der Waals surface area contributed by atoms with Gasteiger partial charge in [-0.15, -0.1) is 0 Å². The van der Waals surface area contributed by atoms with Crippen LogP contribution in [0.2, 0.25) is 0 Å². The van der Waals surface area contributed by atoms with Crippen LogP contribution in [0.3, 0.4) is 0 Å². The van der Waals surface area contributed by atoms with Crippen molar-refractivity contribution in [2.24, 2.45) is 27.9 Å². The average molecular weight is 236 g/mol. The molecular formula is C6H16N6O4. The molecule has 0 atom stereocenters. The molecule has 0 aliphatic carbocycles. The number of nitrogens with zero attached hydrogens (tertiary/aromatic N) is 1. The van der Waals surface area contributed by atoms with Gasteiger partial charge in [0.15, 0.2) is 11.9 Å². The van der Waals surface area contributed by atoms with Gasteiger partial charge in [0.1, 0.15) is 6.54 Å². The molecule has 0 saturated heterocycles. The summed E-state index contributed by atoms with van der Waals surface area (Å²) in [4.78, 5) is 21.9. The SMILES string of the molecule is CC(=O)O.N=C(N)N.NC(N)=NCC(=O)O. The molecule has 0 radical (unpaired) electrons. The van der Waals surface area contributed by atoms with Gasteiger partial charge in [-0.25, -0.2) is 4.99 Å². The van der Waals surface area contributed by atoms with Gasteiger partial charge in [-0.3, -0.25) is 15.0 Å². The number of aliphatic imine (C=N–C) groups is 1. The molecule has 0 aliphatic rings. The van der Waals surface area contributed by atoms with E-state index in [1.165, 1.54) is 0 Å². The quantitative estimate of drug-likeness (QED) is 0.197. The van der Waals surface area contributed by atoms with E-state index in [4.69, 9.17) is 31.9 Å². The number of carboxylic acids is 2. The molecule has 0 heterocycles. The van der Waals surface area contributed by atoms with Gasteiger partial charge < -0.3 is 33.1 Å². The van der Waals surface area contributed by atoms with Gasteiger partial charge in [0.25, 0.3) is 5.97 Å². The summed E-state index contributed by atoms with van der Waals surface area (Å²) in [6, 6.07) is 0. The monoisotopic (exact) mass is 236 g/mol. The highest BCUT2D eigenvalue weighted by Crippen LogP contribution is 1.65. The van der Waals surface area contributed by atoms with E-state index >= 15 is 0 Å². The van der Waals surface area contributed by atoms with Crippen molar-refractivity contribution in [3.8, 4) is 0 Å². The van der Waals surface area contributed by atoms with Gasteiger partial charge >= 0.3 is 5.97 Å². The number of aliphatic carboxylic acids is 2. The number of hydrogen-bond donors (Lipinski definition) is 7. The van der Waals surface area contributed by atoms with Crippen LogP contribution in [0, 0.1) is 5.41 Å². The molecule has 0 unspecified atom stereocenters. The zero-order chi connectivity index (χ0) is 13.7. The van der Waals surface area contributed by atoms with Crippen LogP contribution in [0.15, 0.2) is 4.99 Å². The fraction of sp³-hybridized carbons (Fsp3) is 0.333. The summed E-state index contributed by atoms with van der Waals surface area (Å²) in [6.07, 6.45) is 0. The predicted octanol–water partition coefficient (Wildman–Crippen LogP) is -2.73. The van der Waals surface area contributed by atoms with E-state index in [-0.39, 0.29) is 18.5 Å². The first-order chi connectivity index (χ1) is 7.09. The van der Waals surface area contributed by atoms with Crippen molar-refractivity contribution in [2.75, 3.05) is 6.54 Å². The molecule has 0 amide bonds. The average Bonchev–Trinajstić information content (AvgIpc) is 1.98. The van der Waals surface area contributed by atoms with Crippen LogP contribution in [0.4, 0.5) is 0 Å². The molecule has 0 spiro atoms. The minimum Gasteiger partial charge on any atom is -0.481 e. The topological polar surface area (TPSA) is 215 Å². The summed E-state index contributed by atoms with van der Waals surface area (Å²) in [5.41, 5.74) is 18.6. The normalized spacial score (nSPS) is 7.06. The second kappa shape index (κ2) is 12.5. The van der Waals surface area contributed by atoms with Crippen LogP contribution in [-0.2, 0) is 9.59 Å². The standard InChI is InChI=1S/C3H7N3O2.C2H4O2.CH5N3/c4-3(5)6-1-2(7)8;1-2(3)4;2-1(3)4/h1H2,(H,7,8)(H4,4,5,6);1H3,(H,3,4);(H5,2,3,4). The van der Waals surface area contributed by atoms with Crippen molar-refractivity contribution in [1.82, 2.24) is 0 Å². The molecule has 0 aromatic heterocycles. The zero-order valence-corrected chi connectivity index (χ0v) is 8.67. The fourth-order valence-electron chi connectivity index (χ4n) is 0.159. The highest BCUT2D eigenvalue weighted by atomic mass is 16.4. The number of carbonyl (C=O) groups is 2. The van der Waals surface area contributed by atoms with Crippen LogP contribution in [-0.4, -0.2) is 40.6 Å². The van der Waals surface area contributed by atoms with Gasteiger partial charge in [-0.2, -0.15) is 0 Å². The first-order valence-corrected chi connectivity index (χ1v) is 3.65. The second-order valence-corrected chi connectivity index (χ2v) is 2.11. The molecular weight excluding hydrogens is 220 g/mol. The third-order valence-electron chi connectivity index (χ3n) is 0.397. The number of nitrogens with one attached hydrogen (secondary N) is 1. The maximum Gasteiger partial charge on any atom is 0.325 e. The number of hydrogen-bond acceptors (Lipinski definition) is 4. The maximum absolute atomic E-state index is 9.69. The van der Waals surface area contributed by atoms with E-state index in [0.29, 0.717) is 0 Å². The minimum absolute atomic E-state index is 0.201. The first-order valence-electron chi connectivity index (χ1n) is 3.65. The van der Waals surface area contributed by atoms with Crippen molar-refractivity contribution < 1.29 is 19.8 Å². The fourth-order valence-corrected chi connectivity index (χ4v) is 0.159. The summed E-state index contributed by atoms with van der Waals surface area (Å²) in [5.74, 6) is -2.41. The Kier molecular flexibility index (Phi) is 14.9. The molecule has 0 aromatic carbocycles. The largest absolute Gasteiger partial charge is 0.481 e. The third-order valence-corrected chi connectivity index (χ3v) is 0.397. The summed E-state index contributed by atoms with van der Waals surface area (Å²) in [5, 5.41) is 21.4. The summed E-state index contributed by atoms with van der Waals surface area (Å²) >= 11 is 0. The van der Waals surface area contributed by atoms with Crippen LogP contribution in [0.25, 0.3) is 0 Å². The van der Waals surface area contributed by atoms with Crippen molar-refractivity contribution in [1.29, 1.82) is 5.41 Å². The second-order valence-electron chi connectivity index (χ2n) is 2.11. The Labute approximate surface area is 91.4 Å². The van der Waals surface area contributed by atoms with Crippen LogP contribution < -0.4 is 22.9 Å². The van der Waals surface area contributed by atoms with Crippen LogP contribution in [0.1, 0.15) is 6.92 Å². The van der Waals surface area contributed by atoms with E-state index in [2.05, 4.69) is 16.5 Å². The first kappa shape index (κ1) is 19.1. The number of carboxylic acid groups (broad SMARTS) is 2. The zero-order valence-electron chi connectivity index (χ0n) is 8.67. The number of guanidine groups is 2. The Bertz CT molecular complexity index is 240. The van der Waals surface area contributed by atoms with Crippen molar-refractivity contribution in [3.63, 3.8) is 0 Å². The lowest BCUT2D eigenvalue weighted by atomic mass is 10.7. The Hall–Kier alpha value is -2.52. The van der Waals surface area contributed by atoms with Crippen molar-refractivity contribution >= 4 is 23.9 Å². The Morgan fingerprint density at radius 3 is 1.50 bits per heavy atom.